The average molecular weight is 288 g/mol. The summed E-state index contributed by atoms with van der Waals surface area (Å²) in [5, 5.41) is 11.3. The molecule has 1 heteroatoms. The zero-order valence-corrected chi connectivity index (χ0v) is 14.4. The van der Waals surface area contributed by atoms with Gasteiger partial charge in [0.15, 0.2) is 0 Å². The highest BCUT2D eigenvalue weighted by Gasteiger charge is 2.58. The molecule has 118 valence electrons. The highest BCUT2D eigenvalue weighted by molar-refractivity contribution is 5.27. The fraction of sp³-hybridized carbons (Fsp3) is 0.800. The van der Waals surface area contributed by atoms with Crippen molar-refractivity contribution in [1.82, 2.24) is 0 Å². The Bertz CT molecular complexity index is 488. The van der Waals surface area contributed by atoms with Gasteiger partial charge in [-0.1, -0.05) is 51.5 Å². The third-order valence-corrected chi connectivity index (χ3v) is 7.36. The van der Waals surface area contributed by atoms with Crippen molar-refractivity contribution in [3.05, 3.63) is 23.8 Å². The van der Waals surface area contributed by atoms with Crippen molar-refractivity contribution >= 4 is 0 Å². The van der Waals surface area contributed by atoms with Crippen LogP contribution in [0.3, 0.4) is 0 Å². The van der Waals surface area contributed by atoms with Crippen molar-refractivity contribution < 1.29 is 5.11 Å². The van der Waals surface area contributed by atoms with E-state index in [0.717, 1.165) is 6.42 Å². The molecular formula is C20H32O. The Hall–Kier alpha value is -0.560. The summed E-state index contributed by atoms with van der Waals surface area (Å²) in [5.74, 6) is 1.49. The first-order chi connectivity index (χ1) is 9.71. The maximum atomic E-state index is 11.3. The van der Waals surface area contributed by atoms with Crippen LogP contribution in [0, 0.1) is 28.6 Å². The molecule has 1 nitrogen and oxygen atoms in total. The third-order valence-electron chi connectivity index (χ3n) is 7.36. The summed E-state index contributed by atoms with van der Waals surface area (Å²) in [6, 6.07) is 0. The van der Waals surface area contributed by atoms with E-state index in [4.69, 9.17) is 0 Å². The van der Waals surface area contributed by atoms with Gasteiger partial charge >= 0.3 is 0 Å². The zero-order valence-electron chi connectivity index (χ0n) is 14.4. The minimum atomic E-state index is -0.445. The number of aliphatic hydroxyl groups is 1. The lowest BCUT2D eigenvalue weighted by Crippen LogP contribution is -2.43. The van der Waals surface area contributed by atoms with E-state index in [1.165, 1.54) is 25.7 Å². The third kappa shape index (κ3) is 2.15. The van der Waals surface area contributed by atoms with Crippen LogP contribution in [0.15, 0.2) is 23.8 Å². The van der Waals surface area contributed by atoms with Gasteiger partial charge in [-0.15, -0.1) is 0 Å². The van der Waals surface area contributed by atoms with Crippen LogP contribution in [0.2, 0.25) is 0 Å². The van der Waals surface area contributed by atoms with Crippen molar-refractivity contribution in [2.75, 3.05) is 0 Å². The summed E-state index contributed by atoms with van der Waals surface area (Å²) >= 11 is 0. The Kier molecular flexibility index (Phi) is 3.44. The molecule has 0 spiro atoms. The molecule has 0 amide bonds. The first kappa shape index (κ1) is 15.3. The van der Waals surface area contributed by atoms with Gasteiger partial charge in [0.05, 0.1) is 5.60 Å². The molecule has 5 atom stereocenters. The van der Waals surface area contributed by atoms with Crippen LogP contribution in [0.25, 0.3) is 0 Å². The molecule has 0 bridgehead atoms. The molecule has 0 unspecified atom stereocenters. The SMILES string of the molecule is CC1=CC=C[C@]2(C)CC[C@H]3[C@@](C)(CC[C@]3(O)C(C)C)C[C@H]12. The van der Waals surface area contributed by atoms with Crippen LogP contribution in [0.1, 0.15) is 66.7 Å². The second-order valence-electron chi connectivity index (χ2n) is 8.92. The Balaban J connectivity index is 1.98. The number of hydrogen-bond acceptors (Lipinski definition) is 1. The molecular weight excluding hydrogens is 256 g/mol. The highest BCUT2D eigenvalue weighted by Crippen LogP contribution is 2.62. The molecule has 0 aromatic rings. The van der Waals surface area contributed by atoms with Gasteiger partial charge in [0.25, 0.3) is 0 Å². The smallest absolute Gasteiger partial charge is 0.0703 e. The predicted octanol–water partition coefficient (Wildman–Crippen LogP) is 5.11. The van der Waals surface area contributed by atoms with Crippen LogP contribution in [0.5, 0.6) is 0 Å². The molecule has 0 saturated heterocycles. The standard InChI is InChI=1S/C20H32O/c1-14(2)20(21)12-11-19(5)13-16-15(3)7-6-9-18(16,4)10-8-17(19)20/h6-7,9,14,16-17,21H,8,10-13H2,1-5H3/t16-,17+,18-,19+,20+/m1/s1. The second kappa shape index (κ2) is 4.72. The number of hydrogen-bond donors (Lipinski definition) is 1. The monoisotopic (exact) mass is 288 g/mol. The molecule has 3 aliphatic rings. The van der Waals surface area contributed by atoms with Crippen molar-refractivity contribution in [2.45, 2.75) is 72.3 Å². The van der Waals surface area contributed by atoms with Crippen LogP contribution >= 0.6 is 0 Å². The molecule has 3 aliphatic carbocycles. The predicted molar refractivity (Wildman–Crippen MR) is 89.0 cm³/mol. The minimum absolute atomic E-state index is 0.296. The fourth-order valence-corrected chi connectivity index (χ4v) is 5.72. The van der Waals surface area contributed by atoms with E-state index in [0.29, 0.717) is 28.6 Å². The Morgan fingerprint density at radius 1 is 1.19 bits per heavy atom. The first-order valence-electron chi connectivity index (χ1n) is 8.80. The van der Waals surface area contributed by atoms with Crippen LogP contribution < -0.4 is 0 Å². The maximum Gasteiger partial charge on any atom is 0.0703 e. The summed E-state index contributed by atoms with van der Waals surface area (Å²) in [4.78, 5) is 0. The van der Waals surface area contributed by atoms with E-state index in [1.807, 2.05) is 0 Å². The lowest BCUT2D eigenvalue weighted by Gasteiger charge is -2.41. The molecule has 2 fully saturated rings. The van der Waals surface area contributed by atoms with Crippen molar-refractivity contribution in [3.63, 3.8) is 0 Å². The van der Waals surface area contributed by atoms with Gasteiger partial charge in [0.2, 0.25) is 0 Å². The zero-order chi connectivity index (χ0) is 15.5. The van der Waals surface area contributed by atoms with Gasteiger partial charge in [-0.2, -0.15) is 0 Å². The lowest BCUT2D eigenvalue weighted by molar-refractivity contribution is -0.0645. The average Bonchev–Trinajstić information content (AvgIpc) is 2.58. The molecule has 2 saturated carbocycles. The fourth-order valence-electron chi connectivity index (χ4n) is 5.72. The van der Waals surface area contributed by atoms with Crippen molar-refractivity contribution in [3.8, 4) is 0 Å². The minimum Gasteiger partial charge on any atom is -0.389 e. The molecule has 0 aromatic heterocycles. The van der Waals surface area contributed by atoms with Gasteiger partial charge in [-0.05, 0) is 67.6 Å². The topological polar surface area (TPSA) is 20.2 Å². The van der Waals surface area contributed by atoms with Crippen LogP contribution in [-0.2, 0) is 0 Å². The number of allylic oxidation sites excluding steroid dienone is 4. The Labute approximate surface area is 130 Å². The molecule has 0 heterocycles. The highest BCUT2D eigenvalue weighted by atomic mass is 16.3. The van der Waals surface area contributed by atoms with Crippen molar-refractivity contribution in [2.24, 2.45) is 28.6 Å². The summed E-state index contributed by atoms with van der Waals surface area (Å²) in [5.41, 5.74) is 1.70. The second-order valence-corrected chi connectivity index (χ2v) is 8.92. The van der Waals surface area contributed by atoms with E-state index < -0.39 is 5.60 Å². The molecule has 0 aromatic carbocycles. The van der Waals surface area contributed by atoms with E-state index in [1.54, 1.807) is 5.57 Å². The Morgan fingerprint density at radius 3 is 2.57 bits per heavy atom. The van der Waals surface area contributed by atoms with Crippen LogP contribution in [-0.4, -0.2) is 10.7 Å². The first-order valence-corrected chi connectivity index (χ1v) is 8.80. The van der Waals surface area contributed by atoms with Gasteiger partial charge in [-0.3, -0.25) is 0 Å². The maximum absolute atomic E-state index is 11.3. The van der Waals surface area contributed by atoms with E-state index in [-0.39, 0.29) is 0 Å². The lowest BCUT2D eigenvalue weighted by atomic mass is 9.64. The summed E-state index contributed by atoms with van der Waals surface area (Å²) in [7, 11) is 0. The van der Waals surface area contributed by atoms with E-state index >= 15 is 0 Å². The largest absolute Gasteiger partial charge is 0.389 e. The van der Waals surface area contributed by atoms with E-state index in [9.17, 15) is 5.11 Å². The quantitative estimate of drug-likeness (QED) is 0.710. The van der Waals surface area contributed by atoms with Crippen LogP contribution in [0.4, 0.5) is 0 Å². The normalized spacial score (nSPS) is 49.6. The molecule has 0 radical (unpaired) electrons. The summed E-state index contributed by atoms with van der Waals surface area (Å²) < 4.78 is 0. The van der Waals surface area contributed by atoms with Gasteiger partial charge in [-0.25, -0.2) is 0 Å². The summed E-state index contributed by atoms with van der Waals surface area (Å²) in [6.07, 6.45) is 12.8. The van der Waals surface area contributed by atoms with Gasteiger partial charge in [0, 0.05) is 0 Å². The number of rotatable bonds is 1. The molecule has 0 aliphatic heterocycles. The molecule has 21 heavy (non-hydrogen) atoms. The Morgan fingerprint density at radius 2 is 1.90 bits per heavy atom. The van der Waals surface area contributed by atoms with Gasteiger partial charge in [0.1, 0.15) is 0 Å². The molecule has 1 N–H and O–H groups in total. The van der Waals surface area contributed by atoms with Crippen molar-refractivity contribution in [1.29, 1.82) is 0 Å². The summed E-state index contributed by atoms with van der Waals surface area (Å²) in [6.45, 7) is 11.6. The van der Waals surface area contributed by atoms with Gasteiger partial charge < -0.3 is 5.11 Å². The number of fused-ring (bicyclic) bond motifs is 2. The molecule has 3 rings (SSSR count). The van der Waals surface area contributed by atoms with E-state index in [2.05, 4.69) is 52.8 Å².